The molecule has 0 radical (unpaired) electrons. The van der Waals surface area contributed by atoms with Crippen LogP contribution in [-0.4, -0.2) is 19.3 Å². The van der Waals surface area contributed by atoms with Gasteiger partial charge in [-0.3, -0.25) is 14.5 Å². The van der Waals surface area contributed by atoms with E-state index in [1.165, 1.54) is 54.9 Å². The molecule has 3 aromatic rings. The maximum absolute atomic E-state index is 13.7. The fourth-order valence-electron chi connectivity index (χ4n) is 2.38. The Kier molecular flexibility index (Phi) is 6.05. The summed E-state index contributed by atoms with van der Waals surface area (Å²) in [6.45, 7) is 0.00769. The van der Waals surface area contributed by atoms with Crippen molar-refractivity contribution in [2.45, 2.75) is 11.4 Å². The van der Waals surface area contributed by atoms with E-state index in [0.29, 0.717) is 15.7 Å². The SMILES string of the molecule is O=C(NCc1cc(Br)ccc1F)c1ccc(S(=O)(=O)Nc2ccncc2)cc1. The molecule has 0 saturated heterocycles. The number of benzene rings is 2. The van der Waals surface area contributed by atoms with Crippen molar-refractivity contribution in [2.75, 3.05) is 4.72 Å². The van der Waals surface area contributed by atoms with Gasteiger partial charge in [-0.1, -0.05) is 15.9 Å². The zero-order valence-electron chi connectivity index (χ0n) is 14.4. The molecule has 0 aliphatic carbocycles. The van der Waals surface area contributed by atoms with E-state index in [1.807, 2.05) is 0 Å². The summed E-state index contributed by atoms with van der Waals surface area (Å²) in [6.07, 6.45) is 2.94. The lowest BCUT2D eigenvalue weighted by atomic mass is 10.2. The summed E-state index contributed by atoms with van der Waals surface area (Å²) in [5, 5.41) is 2.61. The highest BCUT2D eigenvalue weighted by atomic mass is 79.9. The maximum atomic E-state index is 13.7. The van der Waals surface area contributed by atoms with Gasteiger partial charge in [0.2, 0.25) is 0 Å². The Balaban J connectivity index is 1.68. The molecule has 9 heteroatoms. The van der Waals surface area contributed by atoms with Crippen molar-refractivity contribution < 1.29 is 17.6 Å². The number of amides is 1. The van der Waals surface area contributed by atoms with Gasteiger partial charge >= 0.3 is 0 Å². The van der Waals surface area contributed by atoms with E-state index < -0.39 is 21.7 Å². The summed E-state index contributed by atoms with van der Waals surface area (Å²) in [5.74, 6) is -0.863. The van der Waals surface area contributed by atoms with Gasteiger partial charge in [-0.25, -0.2) is 12.8 Å². The molecule has 1 amide bonds. The van der Waals surface area contributed by atoms with E-state index in [4.69, 9.17) is 0 Å². The lowest BCUT2D eigenvalue weighted by Crippen LogP contribution is -2.23. The van der Waals surface area contributed by atoms with Crippen molar-refractivity contribution in [3.63, 3.8) is 0 Å². The molecule has 0 aliphatic rings. The number of halogens is 2. The van der Waals surface area contributed by atoms with Crippen LogP contribution in [0.2, 0.25) is 0 Å². The minimum Gasteiger partial charge on any atom is -0.348 e. The average molecular weight is 464 g/mol. The van der Waals surface area contributed by atoms with E-state index in [9.17, 15) is 17.6 Å². The van der Waals surface area contributed by atoms with Crippen molar-refractivity contribution in [3.05, 3.63) is 88.4 Å². The second-order valence-electron chi connectivity index (χ2n) is 5.78. The van der Waals surface area contributed by atoms with E-state index in [0.717, 1.165) is 0 Å². The molecule has 0 unspecified atom stereocenters. The third-order valence-corrected chi connectivity index (χ3v) is 5.70. The van der Waals surface area contributed by atoms with Gasteiger partial charge in [0.15, 0.2) is 0 Å². The van der Waals surface area contributed by atoms with Gasteiger partial charge in [0.05, 0.1) is 10.6 Å². The minimum atomic E-state index is -3.79. The Morgan fingerprint density at radius 1 is 1.04 bits per heavy atom. The summed E-state index contributed by atoms with van der Waals surface area (Å²) in [4.78, 5) is 16.1. The van der Waals surface area contributed by atoms with E-state index in [1.54, 1.807) is 12.1 Å². The molecule has 0 spiro atoms. The summed E-state index contributed by atoms with van der Waals surface area (Å²) in [7, 11) is -3.79. The van der Waals surface area contributed by atoms with Crippen LogP contribution in [0, 0.1) is 5.82 Å². The first kappa shape index (κ1) is 20.0. The Hall–Kier alpha value is -2.78. The predicted octanol–water partition coefficient (Wildman–Crippen LogP) is 3.71. The van der Waals surface area contributed by atoms with Crippen molar-refractivity contribution in [1.29, 1.82) is 0 Å². The number of anilines is 1. The molecule has 0 bridgehead atoms. The topological polar surface area (TPSA) is 88.2 Å². The number of rotatable bonds is 6. The zero-order valence-corrected chi connectivity index (χ0v) is 16.8. The predicted molar refractivity (Wildman–Crippen MR) is 107 cm³/mol. The standard InChI is InChI=1S/C19H15BrFN3O3S/c20-15-3-6-18(21)14(11-15)12-23-19(25)13-1-4-17(5-2-13)28(26,27)24-16-7-9-22-10-8-16/h1-11H,12H2,(H,22,24)(H,23,25). The minimum absolute atomic E-state index is 0.00769. The number of sulfonamides is 1. The number of hydrogen-bond acceptors (Lipinski definition) is 4. The molecule has 2 N–H and O–H groups in total. The van der Waals surface area contributed by atoms with Crippen LogP contribution in [0.25, 0.3) is 0 Å². The molecular weight excluding hydrogens is 449 g/mol. The van der Waals surface area contributed by atoms with Gasteiger partial charge in [-0.05, 0) is 54.6 Å². The van der Waals surface area contributed by atoms with Gasteiger partial charge < -0.3 is 5.32 Å². The Labute approximate surface area is 170 Å². The first-order valence-corrected chi connectivity index (χ1v) is 10.4. The highest BCUT2D eigenvalue weighted by molar-refractivity contribution is 9.10. The van der Waals surface area contributed by atoms with Gasteiger partial charge in [-0.15, -0.1) is 0 Å². The number of carbonyl (C=O) groups is 1. The highest BCUT2D eigenvalue weighted by Crippen LogP contribution is 2.17. The van der Waals surface area contributed by atoms with E-state index in [-0.39, 0.29) is 17.0 Å². The van der Waals surface area contributed by atoms with Crippen molar-refractivity contribution >= 4 is 37.5 Å². The lowest BCUT2D eigenvalue weighted by Gasteiger charge is -2.09. The molecule has 1 aromatic heterocycles. The highest BCUT2D eigenvalue weighted by Gasteiger charge is 2.15. The van der Waals surface area contributed by atoms with E-state index in [2.05, 4.69) is 31.0 Å². The third-order valence-electron chi connectivity index (χ3n) is 3.81. The summed E-state index contributed by atoms with van der Waals surface area (Å²) in [5.41, 5.74) is 0.981. The van der Waals surface area contributed by atoms with Gasteiger partial charge in [0, 0.05) is 34.5 Å². The Morgan fingerprint density at radius 2 is 1.71 bits per heavy atom. The molecule has 6 nitrogen and oxygen atoms in total. The summed E-state index contributed by atoms with van der Waals surface area (Å²) in [6, 6.07) is 13.0. The number of pyridine rings is 1. The molecule has 3 rings (SSSR count). The molecule has 0 aliphatic heterocycles. The molecule has 28 heavy (non-hydrogen) atoms. The fraction of sp³-hybridized carbons (Fsp3) is 0.0526. The second-order valence-corrected chi connectivity index (χ2v) is 8.38. The largest absolute Gasteiger partial charge is 0.348 e. The van der Waals surface area contributed by atoms with E-state index >= 15 is 0 Å². The van der Waals surface area contributed by atoms with Crippen LogP contribution in [0.4, 0.5) is 10.1 Å². The zero-order chi connectivity index (χ0) is 20.1. The van der Waals surface area contributed by atoms with Crippen LogP contribution in [0.1, 0.15) is 15.9 Å². The first-order valence-electron chi connectivity index (χ1n) is 8.10. The van der Waals surface area contributed by atoms with Crippen LogP contribution in [0.5, 0.6) is 0 Å². The number of nitrogens with one attached hydrogen (secondary N) is 2. The number of carbonyl (C=O) groups excluding carboxylic acids is 1. The lowest BCUT2D eigenvalue weighted by molar-refractivity contribution is 0.0950. The maximum Gasteiger partial charge on any atom is 0.261 e. The molecule has 144 valence electrons. The van der Waals surface area contributed by atoms with Gasteiger partial charge in [-0.2, -0.15) is 0 Å². The summed E-state index contributed by atoms with van der Waals surface area (Å²) < 4.78 is 41.6. The smallest absolute Gasteiger partial charge is 0.261 e. The second kappa shape index (κ2) is 8.49. The molecule has 0 saturated carbocycles. The monoisotopic (exact) mass is 463 g/mol. The number of aromatic nitrogens is 1. The molecular formula is C19H15BrFN3O3S. The van der Waals surface area contributed by atoms with Gasteiger partial charge in [0.1, 0.15) is 5.82 Å². The molecule has 0 fully saturated rings. The van der Waals surface area contributed by atoms with Crippen LogP contribution in [0.3, 0.4) is 0 Å². The van der Waals surface area contributed by atoms with Gasteiger partial charge in [0.25, 0.3) is 15.9 Å². The van der Waals surface area contributed by atoms with Crippen LogP contribution < -0.4 is 10.0 Å². The van der Waals surface area contributed by atoms with Crippen LogP contribution in [0.15, 0.2) is 76.4 Å². The fourth-order valence-corrected chi connectivity index (χ4v) is 3.84. The third kappa shape index (κ3) is 4.93. The average Bonchev–Trinajstić information content (AvgIpc) is 2.69. The van der Waals surface area contributed by atoms with Crippen molar-refractivity contribution in [1.82, 2.24) is 10.3 Å². The normalized spacial score (nSPS) is 11.1. The first-order chi connectivity index (χ1) is 13.3. The van der Waals surface area contributed by atoms with Crippen molar-refractivity contribution in [2.24, 2.45) is 0 Å². The van der Waals surface area contributed by atoms with Crippen LogP contribution in [-0.2, 0) is 16.6 Å². The Morgan fingerprint density at radius 3 is 2.39 bits per heavy atom. The molecule has 2 aromatic carbocycles. The Bertz CT molecular complexity index is 1090. The van der Waals surface area contributed by atoms with Crippen molar-refractivity contribution in [3.8, 4) is 0 Å². The molecule has 1 heterocycles. The molecule has 0 atom stereocenters. The van der Waals surface area contributed by atoms with Crippen LogP contribution >= 0.6 is 15.9 Å². The number of nitrogens with zero attached hydrogens (tertiary/aromatic N) is 1. The summed E-state index contributed by atoms with van der Waals surface area (Å²) >= 11 is 3.25. The number of hydrogen-bond donors (Lipinski definition) is 2. The quantitative estimate of drug-likeness (QED) is 0.582.